The first-order valence-corrected chi connectivity index (χ1v) is 11.3. The monoisotopic (exact) mass is 445 g/mol. The Kier molecular flexibility index (Phi) is 5.68. The summed E-state index contributed by atoms with van der Waals surface area (Å²) in [6.45, 7) is 3.84. The van der Waals surface area contributed by atoms with Crippen LogP contribution in [-0.2, 0) is 16.6 Å². The van der Waals surface area contributed by atoms with Crippen LogP contribution in [0.3, 0.4) is 0 Å². The molecule has 1 amide bonds. The predicted octanol–water partition coefficient (Wildman–Crippen LogP) is 3.01. The van der Waals surface area contributed by atoms with Crippen molar-refractivity contribution >= 4 is 17.5 Å². The van der Waals surface area contributed by atoms with E-state index in [1.807, 2.05) is 36.4 Å². The number of hydrogen-bond donors (Lipinski definition) is 1. The third-order valence-corrected chi connectivity index (χ3v) is 6.43. The van der Waals surface area contributed by atoms with Crippen molar-refractivity contribution in [3.8, 4) is 11.3 Å². The molecule has 8 nitrogen and oxygen atoms in total. The highest BCUT2D eigenvalue weighted by Crippen LogP contribution is 2.38. The number of pyridine rings is 1. The zero-order valence-electron chi connectivity index (χ0n) is 18.8. The standard InChI is InChI=1S/C25H27N5O3/c1-16-13-20(16)24(32)27-19-5-3-18(4-6-19)22-15-30(11-12-33-22)25-28-21(14-23(31)29(25)2)17-7-9-26-10-8-17/h3-10,14,16,20,22H,11-13,15H2,1-2H3,(H,27,32)/t16-,20?,22-/m1/s1. The fourth-order valence-corrected chi connectivity index (χ4v) is 4.22. The van der Waals surface area contributed by atoms with Gasteiger partial charge in [-0.15, -0.1) is 0 Å². The average molecular weight is 446 g/mol. The van der Waals surface area contributed by atoms with E-state index in [2.05, 4.69) is 22.1 Å². The second-order valence-corrected chi connectivity index (χ2v) is 8.81. The highest BCUT2D eigenvalue weighted by Gasteiger charge is 2.39. The highest BCUT2D eigenvalue weighted by atomic mass is 16.5. The van der Waals surface area contributed by atoms with E-state index in [4.69, 9.17) is 9.72 Å². The van der Waals surface area contributed by atoms with Crippen molar-refractivity contribution in [3.05, 3.63) is 70.8 Å². The Bertz CT molecular complexity index is 1210. The van der Waals surface area contributed by atoms with E-state index < -0.39 is 0 Å². The molecule has 0 spiro atoms. The van der Waals surface area contributed by atoms with Gasteiger partial charge in [-0.25, -0.2) is 4.98 Å². The molecule has 2 fully saturated rings. The Balaban J connectivity index is 1.33. The van der Waals surface area contributed by atoms with Gasteiger partial charge in [0.05, 0.1) is 18.8 Å². The Labute approximate surface area is 192 Å². The number of morpholine rings is 1. The lowest BCUT2D eigenvalue weighted by molar-refractivity contribution is -0.117. The maximum absolute atomic E-state index is 12.6. The zero-order valence-corrected chi connectivity index (χ0v) is 18.8. The third-order valence-electron chi connectivity index (χ3n) is 6.43. The first-order valence-electron chi connectivity index (χ1n) is 11.3. The van der Waals surface area contributed by atoms with Crippen LogP contribution < -0.4 is 15.8 Å². The Morgan fingerprint density at radius 2 is 1.88 bits per heavy atom. The van der Waals surface area contributed by atoms with Gasteiger partial charge in [0, 0.05) is 49.2 Å². The number of ether oxygens (including phenoxy) is 1. The lowest BCUT2D eigenvalue weighted by Crippen LogP contribution is -2.41. The molecule has 1 aliphatic carbocycles. The van der Waals surface area contributed by atoms with Gasteiger partial charge in [-0.2, -0.15) is 0 Å². The van der Waals surface area contributed by atoms with Crippen LogP contribution in [0.15, 0.2) is 59.7 Å². The summed E-state index contributed by atoms with van der Waals surface area (Å²) in [5.74, 6) is 1.33. The Morgan fingerprint density at radius 3 is 2.58 bits per heavy atom. The molecule has 1 aromatic carbocycles. The van der Waals surface area contributed by atoms with Crippen LogP contribution in [0.25, 0.3) is 11.3 Å². The molecule has 2 aliphatic rings. The maximum atomic E-state index is 12.6. The number of nitrogens with zero attached hydrogens (tertiary/aromatic N) is 4. The minimum Gasteiger partial charge on any atom is -0.370 e. The van der Waals surface area contributed by atoms with Crippen LogP contribution in [0.2, 0.25) is 0 Å². The number of carbonyl (C=O) groups is 1. The average Bonchev–Trinajstić information content (AvgIpc) is 3.58. The van der Waals surface area contributed by atoms with E-state index in [0.717, 1.165) is 23.2 Å². The summed E-state index contributed by atoms with van der Waals surface area (Å²) in [5, 5.41) is 2.99. The summed E-state index contributed by atoms with van der Waals surface area (Å²) < 4.78 is 7.61. The molecule has 33 heavy (non-hydrogen) atoms. The van der Waals surface area contributed by atoms with Gasteiger partial charge in [-0.05, 0) is 42.2 Å². The van der Waals surface area contributed by atoms with Crippen LogP contribution >= 0.6 is 0 Å². The van der Waals surface area contributed by atoms with E-state index in [1.165, 1.54) is 0 Å². The van der Waals surface area contributed by atoms with Gasteiger partial charge in [0.1, 0.15) is 6.10 Å². The number of aromatic nitrogens is 3. The molecule has 5 rings (SSSR count). The minimum absolute atomic E-state index is 0.0939. The molecule has 0 bridgehead atoms. The maximum Gasteiger partial charge on any atom is 0.255 e. The third kappa shape index (κ3) is 4.52. The Morgan fingerprint density at radius 1 is 1.15 bits per heavy atom. The van der Waals surface area contributed by atoms with Crippen molar-refractivity contribution in [1.82, 2.24) is 14.5 Å². The lowest BCUT2D eigenvalue weighted by atomic mass is 10.1. The number of benzene rings is 1. The van der Waals surface area contributed by atoms with Crippen LogP contribution in [-0.4, -0.2) is 40.1 Å². The Hall–Kier alpha value is -3.52. The smallest absolute Gasteiger partial charge is 0.255 e. The van der Waals surface area contributed by atoms with Gasteiger partial charge in [0.25, 0.3) is 5.56 Å². The van der Waals surface area contributed by atoms with Gasteiger partial charge in [0.2, 0.25) is 11.9 Å². The van der Waals surface area contributed by atoms with E-state index in [9.17, 15) is 9.59 Å². The number of nitrogens with one attached hydrogen (secondary N) is 1. The van der Waals surface area contributed by atoms with Crippen molar-refractivity contribution < 1.29 is 9.53 Å². The van der Waals surface area contributed by atoms with Crippen LogP contribution in [0.1, 0.15) is 25.0 Å². The normalized spacial score (nSPS) is 22.1. The van der Waals surface area contributed by atoms with E-state index in [0.29, 0.717) is 37.3 Å². The lowest BCUT2D eigenvalue weighted by Gasteiger charge is -2.34. The molecule has 3 heterocycles. The van der Waals surface area contributed by atoms with E-state index in [-0.39, 0.29) is 23.5 Å². The summed E-state index contributed by atoms with van der Waals surface area (Å²) in [5.41, 5.74) is 3.19. The number of hydrogen-bond acceptors (Lipinski definition) is 6. The molecule has 1 saturated heterocycles. The molecule has 0 radical (unpaired) electrons. The fourth-order valence-electron chi connectivity index (χ4n) is 4.22. The first-order chi connectivity index (χ1) is 16.0. The second-order valence-electron chi connectivity index (χ2n) is 8.81. The van der Waals surface area contributed by atoms with Crippen molar-refractivity contribution in [3.63, 3.8) is 0 Å². The van der Waals surface area contributed by atoms with Crippen molar-refractivity contribution in [2.24, 2.45) is 18.9 Å². The van der Waals surface area contributed by atoms with E-state index in [1.54, 1.807) is 30.1 Å². The summed E-state index contributed by atoms with van der Waals surface area (Å²) in [6, 6.07) is 13.0. The van der Waals surface area contributed by atoms with Crippen LogP contribution in [0.4, 0.5) is 11.6 Å². The zero-order chi connectivity index (χ0) is 22.9. The number of anilines is 2. The molecule has 3 atom stereocenters. The molecule has 8 heteroatoms. The minimum atomic E-state index is -0.159. The summed E-state index contributed by atoms with van der Waals surface area (Å²) >= 11 is 0. The van der Waals surface area contributed by atoms with Gasteiger partial charge in [-0.3, -0.25) is 19.1 Å². The summed E-state index contributed by atoms with van der Waals surface area (Å²) in [4.78, 5) is 35.7. The molecule has 2 aromatic heterocycles. The van der Waals surface area contributed by atoms with Crippen molar-refractivity contribution in [2.45, 2.75) is 19.4 Å². The molecule has 1 N–H and O–H groups in total. The number of amides is 1. The van der Waals surface area contributed by atoms with Crippen molar-refractivity contribution in [1.29, 1.82) is 0 Å². The SMILES string of the molecule is C[C@@H]1CC1C(=O)Nc1ccc([C@H]2CN(c3nc(-c4ccncc4)cc(=O)n3C)CCO2)cc1. The summed E-state index contributed by atoms with van der Waals surface area (Å²) in [7, 11) is 1.74. The van der Waals surface area contributed by atoms with E-state index >= 15 is 0 Å². The fraction of sp³-hybridized carbons (Fsp3) is 0.360. The second kappa shape index (κ2) is 8.78. The van der Waals surface area contributed by atoms with Gasteiger partial charge < -0.3 is 15.0 Å². The van der Waals surface area contributed by atoms with Crippen molar-refractivity contribution in [2.75, 3.05) is 29.9 Å². The summed E-state index contributed by atoms with van der Waals surface area (Å²) in [6.07, 6.45) is 4.19. The highest BCUT2D eigenvalue weighted by molar-refractivity contribution is 5.94. The molecule has 1 aliphatic heterocycles. The molecular formula is C25H27N5O3. The van der Waals surface area contributed by atoms with Gasteiger partial charge >= 0.3 is 0 Å². The molecule has 170 valence electrons. The quantitative estimate of drug-likeness (QED) is 0.649. The van der Waals surface area contributed by atoms with Gasteiger partial charge in [-0.1, -0.05) is 19.1 Å². The van der Waals surface area contributed by atoms with Crippen LogP contribution in [0.5, 0.6) is 0 Å². The molecule has 1 unspecified atom stereocenters. The number of rotatable bonds is 5. The predicted molar refractivity (Wildman–Crippen MR) is 126 cm³/mol. The molecule has 1 saturated carbocycles. The molecular weight excluding hydrogens is 418 g/mol. The molecule has 3 aromatic rings. The van der Waals surface area contributed by atoms with Crippen LogP contribution in [0, 0.1) is 11.8 Å². The van der Waals surface area contributed by atoms with Gasteiger partial charge in [0.15, 0.2) is 0 Å². The number of carbonyl (C=O) groups excluding carboxylic acids is 1. The first kappa shape index (κ1) is 21.3. The largest absolute Gasteiger partial charge is 0.370 e. The topological polar surface area (TPSA) is 89.4 Å².